The van der Waals surface area contributed by atoms with Crippen LogP contribution < -0.4 is 10.2 Å². The first-order chi connectivity index (χ1) is 12.5. The predicted octanol–water partition coefficient (Wildman–Crippen LogP) is 3.45. The summed E-state index contributed by atoms with van der Waals surface area (Å²) in [5.74, 6) is 1.75. The van der Waals surface area contributed by atoms with Gasteiger partial charge in [0.1, 0.15) is 5.82 Å². The highest BCUT2D eigenvalue weighted by molar-refractivity contribution is 5.95. The van der Waals surface area contributed by atoms with E-state index in [2.05, 4.69) is 35.1 Å². The summed E-state index contributed by atoms with van der Waals surface area (Å²) in [6, 6.07) is 13.9. The van der Waals surface area contributed by atoms with Crippen molar-refractivity contribution in [1.29, 1.82) is 0 Å². The first kappa shape index (κ1) is 16.6. The second-order valence-electron chi connectivity index (χ2n) is 7.25. The monoisotopic (exact) mass is 348 g/mol. The van der Waals surface area contributed by atoms with Gasteiger partial charge in [-0.05, 0) is 48.7 Å². The molecule has 1 aliphatic rings. The van der Waals surface area contributed by atoms with Gasteiger partial charge in [0.25, 0.3) is 5.91 Å². The highest BCUT2D eigenvalue weighted by Gasteiger charge is 2.28. The van der Waals surface area contributed by atoms with Gasteiger partial charge >= 0.3 is 0 Å². The van der Waals surface area contributed by atoms with Gasteiger partial charge in [-0.2, -0.15) is 0 Å². The summed E-state index contributed by atoms with van der Waals surface area (Å²) in [6.45, 7) is 0.496. The molecule has 0 unspecified atom stereocenters. The summed E-state index contributed by atoms with van der Waals surface area (Å²) in [7, 11) is 6.02. The first-order valence-corrected chi connectivity index (χ1v) is 9.04. The Morgan fingerprint density at radius 2 is 2.04 bits per heavy atom. The Hall–Kier alpha value is -2.82. The van der Waals surface area contributed by atoms with Crippen LogP contribution in [0, 0.1) is 0 Å². The lowest BCUT2D eigenvalue weighted by Crippen LogP contribution is -2.23. The third kappa shape index (κ3) is 3.17. The Labute approximate surface area is 153 Å². The molecule has 1 aliphatic carbocycles. The van der Waals surface area contributed by atoms with Gasteiger partial charge in [0, 0.05) is 44.9 Å². The van der Waals surface area contributed by atoms with Crippen LogP contribution in [0.3, 0.4) is 0 Å². The number of nitrogens with one attached hydrogen (secondary N) is 1. The van der Waals surface area contributed by atoms with Gasteiger partial charge in [-0.15, -0.1) is 0 Å². The maximum Gasteiger partial charge on any atom is 0.251 e. The van der Waals surface area contributed by atoms with Crippen molar-refractivity contribution < 1.29 is 4.79 Å². The van der Waals surface area contributed by atoms with E-state index in [1.54, 1.807) is 0 Å². The fraction of sp³-hybridized carbons (Fsp3) is 0.333. The van der Waals surface area contributed by atoms with Gasteiger partial charge in [-0.1, -0.05) is 12.1 Å². The number of carbonyl (C=O) groups is 1. The molecule has 5 heteroatoms. The van der Waals surface area contributed by atoms with Gasteiger partial charge in [0.2, 0.25) is 0 Å². The van der Waals surface area contributed by atoms with Gasteiger partial charge in [-0.3, -0.25) is 4.79 Å². The summed E-state index contributed by atoms with van der Waals surface area (Å²) in [5.41, 5.74) is 4.91. The van der Waals surface area contributed by atoms with E-state index in [9.17, 15) is 4.79 Å². The first-order valence-electron chi connectivity index (χ1n) is 9.04. The van der Waals surface area contributed by atoms with Crippen molar-refractivity contribution in [3.8, 4) is 0 Å². The van der Waals surface area contributed by atoms with Crippen molar-refractivity contribution >= 4 is 22.6 Å². The van der Waals surface area contributed by atoms with Crippen molar-refractivity contribution in [2.45, 2.75) is 25.3 Å². The molecule has 1 saturated carbocycles. The third-order valence-corrected chi connectivity index (χ3v) is 5.00. The average Bonchev–Trinajstić information content (AvgIpc) is 3.44. The summed E-state index contributed by atoms with van der Waals surface area (Å²) >= 11 is 0. The summed E-state index contributed by atoms with van der Waals surface area (Å²) < 4.78 is 2.20. The zero-order valence-corrected chi connectivity index (χ0v) is 15.5. The largest absolute Gasteiger partial charge is 0.378 e. The average molecular weight is 348 g/mol. The fourth-order valence-electron chi connectivity index (χ4n) is 3.29. The standard InChI is InChI=1S/C21H24N4O/c1-24(2)17-6-4-5-16(12-17)21(26)22-13-14-7-10-19-18(11-14)23-20(25(19)3)15-8-9-15/h4-7,10-12,15H,8-9,13H2,1-3H3,(H,22,26). The number of hydrogen-bond donors (Lipinski definition) is 1. The topological polar surface area (TPSA) is 50.2 Å². The van der Waals surface area contributed by atoms with Gasteiger partial charge in [0.15, 0.2) is 0 Å². The molecular weight excluding hydrogens is 324 g/mol. The minimum Gasteiger partial charge on any atom is -0.378 e. The van der Waals surface area contributed by atoms with Crippen LogP contribution in [0.5, 0.6) is 0 Å². The summed E-state index contributed by atoms with van der Waals surface area (Å²) in [6.07, 6.45) is 2.48. The highest BCUT2D eigenvalue weighted by Crippen LogP contribution is 2.40. The van der Waals surface area contributed by atoms with Crippen LogP contribution in [0.15, 0.2) is 42.5 Å². The maximum absolute atomic E-state index is 12.5. The van der Waals surface area contributed by atoms with Crippen molar-refractivity contribution in [2.75, 3.05) is 19.0 Å². The summed E-state index contributed by atoms with van der Waals surface area (Å²) in [4.78, 5) is 19.2. The van der Waals surface area contributed by atoms with E-state index in [0.717, 1.165) is 22.3 Å². The number of anilines is 1. The van der Waals surface area contributed by atoms with Gasteiger partial charge < -0.3 is 14.8 Å². The van der Waals surface area contributed by atoms with Crippen molar-refractivity contribution in [3.05, 3.63) is 59.4 Å². The molecule has 0 saturated heterocycles. The highest BCUT2D eigenvalue weighted by atomic mass is 16.1. The molecule has 3 aromatic rings. The Morgan fingerprint density at radius 1 is 1.23 bits per heavy atom. The zero-order valence-electron chi connectivity index (χ0n) is 15.5. The van der Waals surface area contributed by atoms with Crippen LogP contribution in [-0.4, -0.2) is 29.6 Å². The van der Waals surface area contributed by atoms with Crippen LogP contribution in [0.1, 0.15) is 40.5 Å². The summed E-state index contributed by atoms with van der Waals surface area (Å²) in [5, 5.41) is 3.01. The lowest BCUT2D eigenvalue weighted by Gasteiger charge is -2.13. The van der Waals surface area contributed by atoms with Gasteiger partial charge in [0.05, 0.1) is 11.0 Å². The van der Waals surface area contributed by atoms with Crippen LogP contribution >= 0.6 is 0 Å². The number of nitrogens with zero attached hydrogens (tertiary/aromatic N) is 3. The number of fused-ring (bicyclic) bond motifs is 1. The number of benzene rings is 2. The van der Waals surface area contributed by atoms with E-state index >= 15 is 0 Å². The molecule has 1 N–H and O–H groups in total. The molecular formula is C21H24N4O. The number of aromatic nitrogens is 2. The molecule has 5 nitrogen and oxygen atoms in total. The molecule has 0 radical (unpaired) electrons. The van der Waals surface area contributed by atoms with E-state index in [0.29, 0.717) is 18.0 Å². The minimum absolute atomic E-state index is 0.0616. The van der Waals surface area contributed by atoms with Crippen molar-refractivity contribution in [3.63, 3.8) is 0 Å². The number of imidazole rings is 1. The quantitative estimate of drug-likeness (QED) is 0.768. The Kier molecular flexibility index (Phi) is 4.15. The van der Waals surface area contributed by atoms with Crippen molar-refractivity contribution in [1.82, 2.24) is 14.9 Å². The second-order valence-corrected chi connectivity index (χ2v) is 7.25. The van der Waals surface area contributed by atoms with Crippen LogP contribution in [0.4, 0.5) is 5.69 Å². The molecule has 4 rings (SSSR count). The van der Waals surface area contributed by atoms with Crippen LogP contribution in [0.2, 0.25) is 0 Å². The van der Waals surface area contributed by atoms with E-state index in [-0.39, 0.29) is 5.91 Å². The number of aryl methyl sites for hydroxylation is 1. The van der Waals surface area contributed by atoms with Gasteiger partial charge in [-0.25, -0.2) is 4.98 Å². The SMILES string of the molecule is CN(C)c1cccc(C(=O)NCc2ccc3c(c2)nc(C2CC2)n3C)c1. The molecule has 1 fully saturated rings. The lowest BCUT2D eigenvalue weighted by molar-refractivity contribution is 0.0951. The maximum atomic E-state index is 12.5. The normalized spacial score (nSPS) is 13.8. The minimum atomic E-state index is -0.0616. The molecule has 0 aliphatic heterocycles. The number of rotatable bonds is 5. The number of hydrogen-bond acceptors (Lipinski definition) is 3. The molecule has 2 aromatic carbocycles. The molecule has 0 atom stereocenters. The molecule has 1 heterocycles. The van der Waals surface area contributed by atoms with Crippen LogP contribution in [0.25, 0.3) is 11.0 Å². The van der Waals surface area contributed by atoms with E-state index in [1.165, 1.54) is 18.7 Å². The Bertz CT molecular complexity index is 969. The molecule has 134 valence electrons. The number of carbonyl (C=O) groups excluding carboxylic acids is 1. The molecule has 26 heavy (non-hydrogen) atoms. The predicted molar refractivity (Wildman–Crippen MR) is 105 cm³/mol. The lowest BCUT2D eigenvalue weighted by atomic mass is 10.1. The van der Waals surface area contributed by atoms with Crippen LogP contribution in [-0.2, 0) is 13.6 Å². The van der Waals surface area contributed by atoms with E-state index in [1.807, 2.05) is 43.3 Å². The zero-order chi connectivity index (χ0) is 18.3. The molecule has 0 spiro atoms. The molecule has 1 amide bonds. The van der Waals surface area contributed by atoms with E-state index < -0.39 is 0 Å². The van der Waals surface area contributed by atoms with Crippen molar-refractivity contribution in [2.24, 2.45) is 7.05 Å². The third-order valence-electron chi connectivity index (χ3n) is 5.00. The van der Waals surface area contributed by atoms with E-state index in [4.69, 9.17) is 4.98 Å². The molecule has 0 bridgehead atoms. The Balaban J connectivity index is 1.49. The Morgan fingerprint density at radius 3 is 2.77 bits per heavy atom. The molecule has 1 aromatic heterocycles. The second kappa shape index (κ2) is 6.48. The number of amides is 1. The smallest absolute Gasteiger partial charge is 0.251 e. The fourth-order valence-corrected chi connectivity index (χ4v) is 3.29.